The van der Waals surface area contributed by atoms with Crippen LogP contribution in [0.5, 0.6) is 0 Å². The Balaban J connectivity index is 1.41. The Labute approximate surface area is 192 Å². The van der Waals surface area contributed by atoms with Crippen molar-refractivity contribution >= 4 is 65.6 Å². The van der Waals surface area contributed by atoms with Crippen molar-refractivity contribution in [1.82, 2.24) is 14.6 Å². The summed E-state index contributed by atoms with van der Waals surface area (Å²) in [6, 6.07) is 9.97. The van der Waals surface area contributed by atoms with E-state index in [-0.39, 0.29) is 21.3 Å². The molecule has 0 unspecified atom stereocenters. The molecule has 4 rings (SSSR count). The highest BCUT2D eigenvalue weighted by atomic mass is 32.2. The summed E-state index contributed by atoms with van der Waals surface area (Å²) < 4.78 is 27.2. The zero-order valence-electron chi connectivity index (χ0n) is 16.5. The lowest BCUT2D eigenvalue weighted by molar-refractivity contribution is -0.384. The van der Waals surface area contributed by atoms with Gasteiger partial charge in [0.1, 0.15) is 0 Å². The molecule has 1 aromatic heterocycles. The van der Waals surface area contributed by atoms with Crippen molar-refractivity contribution in [2.24, 2.45) is 0 Å². The van der Waals surface area contributed by atoms with Crippen LogP contribution in [0.25, 0.3) is 10.2 Å². The molecule has 0 atom stereocenters. The van der Waals surface area contributed by atoms with E-state index in [9.17, 15) is 23.3 Å². The molecular formula is C19H17N5O5S3. The number of hydrogen-bond donors (Lipinski definition) is 2. The van der Waals surface area contributed by atoms with Crippen molar-refractivity contribution in [2.45, 2.75) is 17.7 Å². The lowest BCUT2D eigenvalue weighted by atomic mass is 10.2. The third-order valence-corrected chi connectivity index (χ3v) is 7.90. The van der Waals surface area contributed by atoms with E-state index in [0.29, 0.717) is 28.4 Å². The predicted octanol–water partition coefficient (Wildman–Crippen LogP) is 3.12. The number of nitrogens with one attached hydrogen (secondary N) is 2. The summed E-state index contributed by atoms with van der Waals surface area (Å²) in [6.45, 7) is 1.01. The van der Waals surface area contributed by atoms with Gasteiger partial charge < -0.3 is 5.32 Å². The van der Waals surface area contributed by atoms with Gasteiger partial charge in [0.15, 0.2) is 10.2 Å². The average molecular weight is 492 g/mol. The first kappa shape index (κ1) is 22.2. The van der Waals surface area contributed by atoms with E-state index in [4.69, 9.17) is 12.2 Å². The molecule has 0 radical (unpaired) electrons. The second-order valence-corrected chi connectivity index (χ2v) is 10.3. The van der Waals surface area contributed by atoms with Crippen molar-refractivity contribution in [3.05, 3.63) is 58.1 Å². The molecule has 13 heteroatoms. The summed E-state index contributed by atoms with van der Waals surface area (Å²) in [4.78, 5) is 27.3. The maximum atomic E-state index is 12.6. The quantitative estimate of drug-likeness (QED) is 0.316. The van der Waals surface area contributed by atoms with Crippen LogP contribution in [-0.4, -0.2) is 46.7 Å². The Kier molecular flexibility index (Phi) is 6.15. The van der Waals surface area contributed by atoms with Crippen LogP contribution in [0.3, 0.4) is 0 Å². The molecule has 0 saturated carbocycles. The first-order valence-corrected chi connectivity index (χ1v) is 12.2. The third kappa shape index (κ3) is 4.60. The fourth-order valence-corrected chi connectivity index (χ4v) is 5.91. The van der Waals surface area contributed by atoms with Crippen molar-refractivity contribution < 1.29 is 18.1 Å². The number of rotatable bonds is 5. The number of nitro benzene ring substituents is 1. The minimum Gasteiger partial charge on any atom is -0.308 e. The lowest BCUT2D eigenvalue weighted by Crippen LogP contribution is -2.34. The van der Waals surface area contributed by atoms with Gasteiger partial charge in [-0.2, -0.15) is 4.31 Å². The molecule has 32 heavy (non-hydrogen) atoms. The van der Waals surface area contributed by atoms with Gasteiger partial charge in [0.2, 0.25) is 10.0 Å². The second-order valence-electron chi connectivity index (χ2n) is 6.97. The van der Waals surface area contributed by atoms with Gasteiger partial charge in [-0.15, -0.1) is 0 Å². The van der Waals surface area contributed by atoms with E-state index < -0.39 is 20.9 Å². The maximum Gasteiger partial charge on any atom is 0.270 e. The van der Waals surface area contributed by atoms with Gasteiger partial charge in [-0.05, 0) is 55.4 Å². The van der Waals surface area contributed by atoms with Gasteiger partial charge in [-0.3, -0.25) is 20.2 Å². The minimum atomic E-state index is -3.55. The minimum absolute atomic E-state index is 0.00248. The smallest absolute Gasteiger partial charge is 0.270 e. The normalized spacial score (nSPS) is 14.4. The standard InChI is InChI=1S/C19H17N5O5S3/c25-17(12-3-6-14(7-4-12)32(28,29)23-9-1-2-10-23)21-18(30)22-19-20-15-8-5-13(24(26)27)11-16(15)31-19/h3-8,11H,1-2,9-10H2,(H2,20,21,22,25,30). The average Bonchev–Trinajstić information content (AvgIpc) is 3.43. The van der Waals surface area contributed by atoms with Crippen LogP contribution in [0.1, 0.15) is 23.2 Å². The molecule has 3 aromatic rings. The fourth-order valence-electron chi connectivity index (χ4n) is 3.24. The summed E-state index contributed by atoms with van der Waals surface area (Å²) in [6.07, 6.45) is 1.69. The van der Waals surface area contributed by atoms with Crippen LogP contribution in [0, 0.1) is 10.1 Å². The van der Waals surface area contributed by atoms with E-state index in [2.05, 4.69) is 15.6 Å². The molecular weight excluding hydrogens is 474 g/mol. The third-order valence-electron chi connectivity index (χ3n) is 4.85. The van der Waals surface area contributed by atoms with Crippen LogP contribution in [0.4, 0.5) is 10.8 Å². The van der Waals surface area contributed by atoms with Gasteiger partial charge in [-0.25, -0.2) is 13.4 Å². The number of thiocarbonyl (C=S) groups is 1. The van der Waals surface area contributed by atoms with Crippen LogP contribution < -0.4 is 10.6 Å². The number of amides is 1. The molecule has 0 spiro atoms. The molecule has 166 valence electrons. The summed E-state index contributed by atoms with van der Waals surface area (Å²) in [5.41, 5.74) is 0.764. The Bertz CT molecular complexity index is 1310. The SMILES string of the molecule is O=C(NC(=S)Nc1nc2ccc([N+](=O)[O-])cc2s1)c1ccc(S(=O)(=O)N2CCCC2)cc1. The summed E-state index contributed by atoms with van der Waals surface area (Å²) in [5.74, 6) is -0.510. The fraction of sp³-hybridized carbons (Fsp3) is 0.211. The van der Waals surface area contributed by atoms with E-state index in [1.807, 2.05) is 0 Å². The molecule has 10 nitrogen and oxygen atoms in total. The highest BCUT2D eigenvalue weighted by molar-refractivity contribution is 7.89. The molecule has 1 aliphatic heterocycles. The Morgan fingerprint density at radius 2 is 1.84 bits per heavy atom. The van der Waals surface area contributed by atoms with Crippen LogP contribution in [0.2, 0.25) is 0 Å². The highest BCUT2D eigenvalue weighted by Crippen LogP contribution is 2.29. The van der Waals surface area contributed by atoms with E-state index in [1.54, 1.807) is 0 Å². The zero-order valence-corrected chi connectivity index (χ0v) is 18.9. The number of carbonyl (C=O) groups excluding carboxylic acids is 1. The van der Waals surface area contributed by atoms with Crippen molar-refractivity contribution in [1.29, 1.82) is 0 Å². The largest absolute Gasteiger partial charge is 0.308 e. The number of nitrogens with zero attached hydrogens (tertiary/aromatic N) is 3. The molecule has 2 aromatic carbocycles. The number of aromatic nitrogens is 1. The molecule has 2 heterocycles. The molecule has 1 fully saturated rings. The lowest BCUT2D eigenvalue weighted by Gasteiger charge is -2.15. The number of carbonyl (C=O) groups is 1. The number of nitro groups is 1. The molecule has 1 saturated heterocycles. The Morgan fingerprint density at radius 3 is 2.50 bits per heavy atom. The van der Waals surface area contributed by atoms with Crippen molar-refractivity contribution in [3.8, 4) is 0 Å². The van der Waals surface area contributed by atoms with Gasteiger partial charge in [0, 0.05) is 30.8 Å². The number of anilines is 1. The zero-order chi connectivity index (χ0) is 22.9. The summed E-state index contributed by atoms with van der Waals surface area (Å²) in [7, 11) is -3.55. The van der Waals surface area contributed by atoms with Gasteiger partial charge in [0.25, 0.3) is 11.6 Å². The molecule has 2 N–H and O–H groups in total. The Hall–Kier alpha value is -3.00. The van der Waals surface area contributed by atoms with Crippen LogP contribution in [0.15, 0.2) is 47.4 Å². The van der Waals surface area contributed by atoms with Gasteiger partial charge in [0.05, 0.1) is 20.0 Å². The molecule has 0 bridgehead atoms. The molecule has 1 aliphatic rings. The van der Waals surface area contributed by atoms with Gasteiger partial charge in [-0.1, -0.05) is 11.3 Å². The molecule has 1 amide bonds. The van der Waals surface area contributed by atoms with Crippen molar-refractivity contribution in [3.63, 3.8) is 0 Å². The maximum absolute atomic E-state index is 12.6. The highest BCUT2D eigenvalue weighted by Gasteiger charge is 2.27. The first-order valence-electron chi connectivity index (χ1n) is 9.51. The topological polar surface area (TPSA) is 135 Å². The van der Waals surface area contributed by atoms with E-state index >= 15 is 0 Å². The van der Waals surface area contributed by atoms with Crippen LogP contribution in [-0.2, 0) is 10.0 Å². The summed E-state index contributed by atoms with van der Waals surface area (Å²) >= 11 is 6.31. The number of non-ortho nitro benzene ring substituents is 1. The van der Waals surface area contributed by atoms with E-state index in [1.165, 1.54) is 46.8 Å². The number of sulfonamides is 1. The number of hydrogen-bond acceptors (Lipinski definition) is 8. The first-order chi connectivity index (χ1) is 15.2. The van der Waals surface area contributed by atoms with Crippen molar-refractivity contribution in [2.75, 3.05) is 18.4 Å². The van der Waals surface area contributed by atoms with Crippen LogP contribution >= 0.6 is 23.6 Å². The number of fused-ring (bicyclic) bond motifs is 1. The monoisotopic (exact) mass is 491 g/mol. The predicted molar refractivity (Wildman–Crippen MR) is 124 cm³/mol. The Morgan fingerprint density at radius 1 is 1.16 bits per heavy atom. The number of thiazole rings is 1. The van der Waals surface area contributed by atoms with Gasteiger partial charge >= 0.3 is 0 Å². The number of benzene rings is 2. The second kappa shape index (κ2) is 8.86. The van der Waals surface area contributed by atoms with E-state index in [0.717, 1.165) is 24.2 Å². The summed E-state index contributed by atoms with van der Waals surface area (Å²) in [5, 5.41) is 16.6. The molecule has 0 aliphatic carbocycles.